The van der Waals surface area contributed by atoms with Crippen LogP contribution in [0.2, 0.25) is 0 Å². The maximum atomic E-state index is 11.6. The van der Waals surface area contributed by atoms with Crippen molar-refractivity contribution >= 4 is 47.2 Å². The zero-order valence-corrected chi connectivity index (χ0v) is 11.0. The fourth-order valence-corrected chi connectivity index (χ4v) is 1.89. The summed E-state index contributed by atoms with van der Waals surface area (Å²) in [4.78, 5) is 22.1. The number of hydrogen-bond donors (Lipinski definition) is 5. The molecular weight excluding hydrogens is 321 g/mol. The number of halogens is 1. The molecule has 1 saturated heterocycles. The molecule has 0 aromatic carbocycles. The number of carbonyl (C=O) groups is 1. The molecule has 0 saturated carbocycles. The Hall–Kier alpha value is -0.0400. The van der Waals surface area contributed by atoms with E-state index in [9.17, 15) is 25.0 Å². The normalized spacial score (nSPS) is 32.0. The molecule has 0 radical (unpaired) electrons. The standard InChI is InChI=1S/C9H16ClN3O7.Na.H/c10-1-2-13(12-19)9(18)11-5-7(16)6(15)4(3-14)20-8(5)17;;/h4-8,14-17H,1-3H2,(H,11,18);;/t4-,5-,6-,7-,8+;;/m1../s1. The van der Waals surface area contributed by atoms with Gasteiger partial charge in [0, 0.05) is 5.88 Å². The number of urea groups is 1. The Morgan fingerprint density at radius 2 is 1.95 bits per heavy atom. The number of ether oxygens (including phenoxy) is 1. The van der Waals surface area contributed by atoms with Gasteiger partial charge in [-0.05, 0) is 0 Å². The summed E-state index contributed by atoms with van der Waals surface area (Å²) in [7, 11) is 0. The van der Waals surface area contributed by atoms with Gasteiger partial charge in [0.1, 0.15) is 24.4 Å². The summed E-state index contributed by atoms with van der Waals surface area (Å²) in [5.74, 6) is -0.0410. The molecule has 1 aliphatic heterocycles. The fraction of sp³-hybridized carbons (Fsp3) is 0.889. The van der Waals surface area contributed by atoms with Crippen molar-refractivity contribution < 1.29 is 30.0 Å². The van der Waals surface area contributed by atoms with Gasteiger partial charge in [-0.3, -0.25) is 0 Å². The van der Waals surface area contributed by atoms with Crippen LogP contribution in [-0.2, 0) is 4.74 Å². The molecule has 0 spiro atoms. The van der Waals surface area contributed by atoms with E-state index in [2.05, 4.69) is 10.6 Å². The van der Waals surface area contributed by atoms with Gasteiger partial charge in [0.15, 0.2) is 6.29 Å². The number of aliphatic hydroxyl groups excluding tert-OH is 4. The molecule has 2 amide bonds. The van der Waals surface area contributed by atoms with Crippen molar-refractivity contribution in [2.45, 2.75) is 30.6 Å². The second kappa shape index (κ2) is 9.87. The first-order valence-corrected chi connectivity index (χ1v) is 6.27. The van der Waals surface area contributed by atoms with Crippen LogP contribution in [0.4, 0.5) is 4.79 Å². The third kappa shape index (κ3) is 5.27. The van der Waals surface area contributed by atoms with Crippen LogP contribution in [0.1, 0.15) is 0 Å². The van der Waals surface area contributed by atoms with E-state index in [1.54, 1.807) is 0 Å². The van der Waals surface area contributed by atoms with Crippen molar-refractivity contribution in [3.05, 3.63) is 4.91 Å². The fourth-order valence-electron chi connectivity index (χ4n) is 1.73. The Labute approximate surface area is 147 Å². The van der Waals surface area contributed by atoms with Crippen LogP contribution in [0.5, 0.6) is 0 Å². The summed E-state index contributed by atoms with van der Waals surface area (Å²) in [6.45, 7) is -0.789. The summed E-state index contributed by atoms with van der Waals surface area (Å²) in [6.07, 6.45) is -5.96. The predicted octanol–water partition coefficient (Wildman–Crippen LogP) is -2.93. The molecule has 0 bridgehead atoms. The molecule has 5 atom stereocenters. The average molecular weight is 338 g/mol. The minimum atomic E-state index is -1.67. The zero-order chi connectivity index (χ0) is 15.3. The van der Waals surface area contributed by atoms with E-state index in [0.717, 1.165) is 0 Å². The second-order valence-corrected chi connectivity index (χ2v) is 4.48. The van der Waals surface area contributed by atoms with Crippen molar-refractivity contribution in [3.63, 3.8) is 0 Å². The number of alkyl halides is 1. The van der Waals surface area contributed by atoms with Crippen LogP contribution >= 0.6 is 11.6 Å². The molecule has 12 heteroatoms. The SMILES string of the molecule is O=NN(CCCl)C(=O)N[C@@H]1[C@@H](O)[C@H](O)[C@@H](CO)O[C@@H]1O.[NaH]. The summed E-state index contributed by atoms with van der Waals surface area (Å²) in [6, 6.07) is -2.40. The van der Waals surface area contributed by atoms with E-state index in [1.807, 2.05) is 0 Å². The first kappa shape index (κ1) is 21.0. The molecule has 0 aromatic rings. The first-order valence-electron chi connectivity index (χ1n) is 5.74. The molecule has 1 fully saturated rings. The van der Waals surface area contributed by atoms with Gasteiger partial charge in [-0.1, -0.05) is 0 Å². The third-order valence-electron chi connectivity index (χ3n) is 2.82. The number of amides is 2. The molecule has 5 N–H and O–H groups in total. The molecule has 1 heterocycles. The van der Waals surface area contributed by atoms with Crippen molar-refractivity contribution in [1.29, 1.82) is 0 Å². The Bertz CT molecular complexity index is 353. The molecule has 0 aliphatic carbocycles. The summed E-state index contributed by atoms with van der Waals surface area (Å²) in [5.41, 5.74) is 0. The summed E-state index contributed by atoms with van der Waals surface area (Å²) >= 11 is 5.37. The zero-order valence-electron chi connectivity index (χ0n) is 10.3. The van der Waals surface area contributed by atoms with E-state index in [4.69, 9.17) is 21.4 Å². The molecule has 21 heavy (non-hydrogen) atoms. The van der Waals surface area contributed by atoms with E-state index < -0.39 is 43.3 Å². The quantitative estimate of drug-likeness (QED) is 0.156. The summed E-state index contributed by atoms with van der Waals surface area (Å²) in [5, 5.41) is 42.9. The molecule has 1 aliphatic rings. The molecular formula is C9H17ClN3NaO7. The third-order valence-corrected chi connectivity index (χ3v) is 2.99. The van der Waals surface area contributed by atoms with Crippen molar-refractivity contribution in [3.8, 4) is 0 Å². The Morgan fingerprint density at radius 3 is 2.43 bits per heavy atom. The predicted molar refractivity (Wildman–Crippen MR) is 72.7 cm³/mol. The van der Waals surface area contributed by atoms with Crippen LogP contribution in [0.15, 0.2) is 5.29 Å². The van der Waals surface area contributed by atoms with Gasteiger partial charge < -0.3 is 30.5 Å². The van der Waals surface area contributed by atoms with Crippen LogP contribution in [0, 0.1) is 4.91 Å². The average Bonchev–Trinajstić information content (AvgIpc) is 2.44. The van der Waals surface area contributed by atoms with Crippen LogP contribution in [-0.4, -0.2) is 111 Å². The van der Waals surface area contributed by atoms with E-state index in [1.165, 1.54) is 0 Å². The van der Waals surface area contributed by atoms with Gasteiger partial charge in [0.2, 0.25) is 0 Å². The van der Waals surface area contributed by atoms with Crippen LogP contribution in [0.25, 0.3) is 0 Å². The van der Waals surface area contributed by atoms with Crippen molar-refractivity contribution in [1.82, 2.24) is 10.3 Å². The van der Waals surface area contributed by atoms with Gasteiger partial charge in [0.25, 0.3) is 0 Å². The van der Waals surface area contributed by atoms with Gasteiger partial charge in [0.05, 0.1) is 18.4 Å². The summed E-state index contributed by atoms with van der Waals surface area (Å²) < 4.78 is 4.83. The number of nitroso groups, excluding NO2 is 1. The second-order valence-electron chi connectivity index (χ2n) is 4.10. The first-order chi connectivity index (χ1) is 9.46. The number of nitrogens with one attached hydrogen (secondary N) is 1. The van der Waals surface area contributed by atoms with Crippen LogP contribution < -0.4 is 5.32 Å². The van der Waals surface area contributed by atoms with Crippen molar-refractivity contribution in [2.75, 3.05) is 19.0 Å². The van der Waals surface area contributed by atoms with Gasteiger partial charge in [-0.2, -0.15) is 5.01 Å². The number of carbonyl (C=O) groups excluding carboxylic acids is 1. The maximum absolute atomic E-state index is 11.6. The van der Waals surface area contributed by atoms with Gasteiger partial charge in [-0.15, -0.1) is 16.5 Å². The number of aliphatic hydroxyl groups is 4. The molecule has 0 aromatic heterocycles. The van der Waals surface area contributed by atoms with Crippen molar-refractivity contribution in [2.24, 2.45) is 5.29 Å². The molecule has 10 nitrogen and oxygen atoms in total. The topological polar surface area (TPSA) is 152 Å². The van der Waals surface area contributed by atoms with Gasteiger partial charge >= 0.3 is 35.6 Å². The van der Waals surface area contributed by atoms with E-state index in [0.29, 0.717) is 5.01 Å². The van der Waals surface area contributed by atoms with E-state index in [-0.39, 0.29) is 42.0 Å². The molecule has 0 unspecified atom stereocenters. The van der Waals surface area contributed by atoms with Crippen LogP contribution in [0.3, 0.4) is 0 Å². The van der Waals surface area contributed by atoms with Gasteiger partial charge in [-0.25, -0.2) is 4.79 Å². The Balaban J connectivity index is 0.00000400. The number of hydrogen-bond acceptors (Lipinski definition) is 8. The Morgan fingerprint density at radius 1 is 1.33 bits per heavy atom. The molecule has 1 rings (SSSR count). The minimum absolute atomic E-state index is 0. The van der Waals surface area contributed by atoms with E-state index >= 15 is 0 Å². The monoisotopic (exact) mass is 337 g/mol. The number of rotatable bonds is 5. The number of nitrogens with zero attached hydrogens (tertiary/aromatic N) is 2. The Kier molecular flexibility index (Phi) is 9.85. The molecule has 118 valence electrons.